The van der Waals surface area contributed by atoms with Gasteiger partial charge in [0.1, 0.15) is 0 Å². The molecule has 2 fully saturated rings. The summed E-state index contributed by atoms with van der Waals surface area (Å²) < 4.78 is 43.1. The first kappa shape index (κ1) is 29.1. The second-order valence-electron chi connectivity index (χ2n) is 9.30. The minimum absolute atomic E-state index is 0.0194. The van der Waals surface area contributed by atoms with Crippen LogP contribution < -0.4 is 5.32 Å². The van der Waals surface area contributed by atoms with E-state index in [1.165, 1.54) is 6.42 Å². The van der Waals surface area contributed by atoms with Crippen molar-refractivity contribution in [2.24, 2.45) is 11.8 Å². The maximum Gasteiger partial charge on any atom is 0.417 e. The van der Waals surface area contributed by atoms with E-state index in [1.807, 2.05) is 6.92 Å². The fraction of sp³-hybridized carbons (Fsp3) is 0.731. The number of nitrogens with one attached hydrogen (secondary N) is 1. The average molecular weight is 500 g/mol. The molecule has 35 heavy (non-hydrogen) atoms. The van der Waals surface area contributed by atoms with E-state index in [1.54, 1.807) is 4.90 Å². The van der Waals surface area contributed by atoms with Crippen molar-refractivity contribution in [2.75, 3.05) is 26.2 Å². The number of esters is 1. The van der Waals surface area contributed by atoms with Crippen LogP contribution in [0.5, 0.6) is 0 Å². The molecule has 6 nitrogen and oxygen atoms in total. The highest BCUT2D eigenvalue weighted by Gasteiger charge is 2.34. The Kier molecular flexibility index (Phi) is 12.0. The van der Waals surface area contributed by atoms with Gasteiger partial charge < -0.3 is 15.0 Å². The second-order valence-corrected chi connectivity index (χ2v) is 9.30. The molecule has 0 aromatic carbocycles. The van der Waals surface area contributed by atoms with Crippen LogP contribution in [-0.2, 0) is 33.5 Å². The number of nitrogens with zero attached hydrogens (tertiary/aromatic N) is 2. The van der Waals surface area contributed by atoms with E-state index in [0.717, 1.165) is 63.9 Å². The number of alkyl halides is 3. The predicted molar refractivity (Wildman–Crippen MR) is 129 cm³/mol. The number of pyridine rings is 1. The molecule has 0 unspecified atom stereocenters. The summed E-state index contributed by atoms with van der Waals surface area (Å²) in [5, 5.41) is 3.20. The Labute approximate surface area is 207 Å². The normalized spacial score (nSPS) is 18.5. The molecule has 9 heteroatoms. The van der Waals surface area contributed by atoms with Gasteiger partial charge in [0, 0.05) is 37.3 Å². The predicted octanol–water partition coefficient (Wildman–Crippen LogP) is 5.14. The zero-order valence-electron chi connectivity index (χ0n) is 21.3. The molecular formula is C26H40F3N3O3. The number of halogens is 3. The molecule has 1 amide bonds. The van der Waals surface area contributed by atoms with Crippen LogP contribution >= 0.6 is 0 Å². The minimum Gasteiger partial charge on any atom is -0.466 e. The summed E-state index contributed by atoms with van der Waals surface area (Å²) in [4.78, 5) is 29.1. The maximum atomic E-state index is 12.7. The number of fused-ring (bicyclic) bond motifs is 1. The van der Waals surface area contributed by atoms with Crippen LogP contribution in [0.15, 0.2) is 12.3 Å². The molecule has 4 rings (SSSR count). The minimum atomic E-state index is -4.39. The van der Waals surface area contributed by atoms with Crippen molar-refractivity contribution in [2.45, 2.75) is 84.9 Å². The third-order valence-electron chi connectivity index (χ3n) is 6.34. The summed E-state index contributed by atoms with van der Waals surface area (Å²) in [6, 6.07) is 1.14. The molecule has 1 N–H and O–H groups in total. The highest BCUT2D eigenvalue weighted by molar-refractivity contribution is 5.79. The van der Waals surface area contributed by atoms with Crippen molar-refractivity contribution in [3.05, 3.63) is 29.1 Å². The van der Waals surface area contributed by atoms with E-state index in [2.05, 4.69) is 24.1 Å². The molecule has 2 aliphatic heterocycles. The molecule has 0 atom stereocenters. The molecule has 0 bridgehead atoms. The number of ether oxygens (including phenoxy) is 1. The number of piperidine rings is 1. The quantitative estimate of drug-likeness (QED) is 0.583. The molecule has 1 aromatic heterocycles. The van der Waals surface area contributed by atoms with Crippen molar-refractivity contribution < 1.29 is 27.5 Å². The van der Waals surface area contributed by atoms with Crippen LogP contribution in [0.1, 0.15) is 82.5 Å². The Balaban J connectivity index is 0.000000260. The molecule has 3 aliphatic rings. The highest BCUT2D eigenvalue weighted by Crippen LogP contribution is 2.32. The number of hydrogen-bond acceptors (Lipinski definition) is 5. The Bertz CT molecular complexity index is 805. The summed E-state index contributed by atoms with van der Waals surface area (Å²) >= 11 is 0. The Morgan fingerprint density at radius 2 is 1.71 bits per heavy atom. The third-order valence-corrected chi connectivity index (χ3v) is 6.34. The smallest absolute Gasteiger partial charge is 0.417 e. The molecule has 1 saturated carbocycles. The van der Waals surface area contributed by atoms with Gasteiger partial charge in [-0.25, -0.2) is 0 Å². The van der Waals surface area contributed by atoms with E-state index in [-0.39, 0.29) is 30.3 Å². The van der Waals surface area contributed by atoms with Crippen LogP contribution in [0, 0.1) is 11.8 Å². The van der Waals surface area contributed by atoms with E-state index in [4.69, 9.17) is 4.74 Å². The van der Waals surface area contributed by atoms with Crippen molar-refractivity contribution in [3.8, 4) is 0 Å². The van der Waals surface area contributed by atoms with Crippen molar-refractivity contribution in [3.63, 3.8) is 0 Å². The zero-order valence-corrected chi connectivity index (χ0v) is 21.3. The van der Waals surface area contributed by atoms with Gasteiger partial charge in [0.15, 0.2) is 0 Å². The maximum absolute atomic E-state index is 12.7. The van der Waals surface area contributed by atoms with Crippen LogP contribution in [0.25, 0.3) is 0 Å². The topological polar surface area (TPSA) is 71.5 Å². The summed E-state index contributed by atoms with van der Waals surface area (Å²) in [6.45, 7) is 9.30. The van der Waals surface area contributed by atoms with Crippen LogP contribution in [-0.4, -0.2) is 48.0 Å². The van der Waals surface area contributed by atoms with Crippen molar-refractivity contribution >= 4 is 11.9 Å². The van der Waals surface area contributed by atoms with E-state index in [0.29, 0.717) is 30.8 Å². The van der Waals surface area contributed by atoms with Gasteiger partial charge in [-0.15, -0.1) is 0 Å². The lowest BCUT2D eigenvalue weighted by molar-refractivity contribution is -0.148. The first-order valence-corrected chi connectivity index (χ1v) is 12.9. The van der Waals surface area contributed by atoms with Crippen molar-refractivity contribution in [1.29, 1.82) is 0 Å². The fourth-order valence-corrected chi connectivity index (χ4v) is 4.52. The van der Waals surface area contributed by atoms with Crippen LogP contribution in [0.4, 0.5) is 13.2 Å². The molecule has 0 spiro atoms. The lowest BCUT2D eigenvalue weighted by atomic mass is 9.99. The summed E-state index contributed by atoms with van der Waals surface area (Å²) in [5.41, 5.74) is 0.470. The number of amides is 1. The summed E-state index contributed by atoms with van der Waals surface area (Å²) in [7, 11) is 0. The van der Waals surface area contributed by atoms with E-state index < -0.39 is 11.7 Å². The fourth-order valence-electron chi connectivity index (χ4n) is 4.52. The number of carbonyl (C=O) groups excluding carboxylic acids is 2. The summed E-state index contributed by atoms with van der Waals surface area (Å²) in [5.74, 6) is 0.283. The van der Waals surface area contributed by atoms with Gasteiger partial charge in [-0.1, -0.05) is 33.1 Å². The molecule has 1 aromatic rings. The van der Waals surface area contributed by atoms with Gasteiger partial charge in [0.05, 0.1) is 18.1 Å². The highest BCUT2D eigenvalue weighted by atomic mass is 19.4. The molecule has 3 heterocycles. The Morgan fingerprint density at radius 3 is 2.29 bits per heavy atom. The molecule has 198 valence electrons. The van der Waals surface area contributed by atoms with Gasteiger partial charge in [-0.05, 0) is 57.3 Å². The molecule has 1 saturated heterocycles. The average Bonchev–Trinajstić information content (AvgIpc) is 3.39. The Morgan fingerprint density at radius 1 is 1.09 bits per heavy atom. The van der Waals surface area contributed by atoms with Gasteiger partial charge in [-0.2, -0.15) is 13.2 Å². The van der Waals surface area contributed by atoms with Gasteiger partial charge in [0.25, 0.3) is 0 Å². The number of hydrogen-bond donors (Lipinski definition) is 1. The second kappa shape index (κ2) is 14.4. The summed E-state index contributed by atoms with van der Waals surface area (Å²) in [6.07, 6.45) is 4.09. The van der Waals surface area contributed by atoms with Crippen LogP contribution in [0.3, 0.4) is 0 Å². The molecule has 0 radical (unpaired) electrons. The van der Waals surface area contributed by atoms with E-state index >= 15 is 0 Å². The van der Waals surface area contributed by atoms with Crippen LogP contribution in [0.2, 0.25) is 0 Å². The lowest BCUT2D eigenvalue weighted by Crippen LogP contribution is -2.39. The zero-order chi connectivity index (χ0) is 25.8. The first-order chi connectivity index (χ1) is 16.7. The van der Waals surface area contributed by atoms with Gasteiger partial charge in [-0.3, -0.25) is 14.6 Å². The molecular weight excluding hydrogens is 459 g/mol. The monoisotopic (exact) mass is 499 g/mol. The third kappa shape index (κ3) is 9.09. The standard InChI is InChI=1S/C15H17F3N2O.C8H15NO2.C3H8/c16-15(17,18)12-7-11-9-20(6-5-13(11)19-8-12)14(21)10-3-1-2-4-10;1-2-11-8(10)7-3-5-9-6-4-7;1-3-2/h7-8,10H,1-6,9H2;7,9H,2-6H2,1H3;3H2,1-2H3. The van der Waals surface area contributed by atoms with Gasteiger partial charge in [0.2, 0.25) is 5.91 Å². The molecule has 1 aliphatic carbocycles. The lowest BCUT2D eigenvalue weighted by Gasteiger charge is -2.30. The Hall–Kier alpha value is -2.16. The number of aromatic nitrogens is 1. The largest absolute Gasteiger partial charge is 0.466 e. The van der Waals surface area contributed by atoms with E-state index in [9.17, 15) is 22.8 Å². The van der Waals surface area contributed by atoms with Crippen molar-refractivity contribution in [1.82, 2.24) is 15.2 Å². The SMILES string of the molecule is CCC.CCOC(=O)C1CCNCC1.O=C(C1CCCC1)N1CCc2ncc(C(F)(F)F)cc2C1. The van der Waals surface area contributed by atoms with Gasteiger partial charge >= 0.3 is 12.1 Å². The first-order valence-electron chi connectivity index (χ1n) is 12.9. The number of rotatable bonds is 3. The number of carbonyl (C=O) groups is 2.